The van der Waals surface area contributed by atoms with Crippen molar-refractivity contribution in [2.45, 2.75) is 30.8 Å². The molecular formula is C14H17FN2O5S. The van der Waals surface area contributed by atoms with Crippen molar-refractivity contribution in [3.63, 3.8) is 0 Å². The Labute approximate surface area is 133 Å². The number of hydrogen-bond donors (Lipinski definition) is 1. The number of rotatable bonds is 4. The van der Waals surface area contributed by atoms with E-state index in [1.54, 1.807) is 4.90 Å². The first-order valence-electron chi connectivity index (χ1n) is 7.02. The maximum absolute atomic E-state index is 13.7. The third-order valence-electron chi connectivity index (χ3n) is 3.54. The van der Waals surface area contributed by atoms with E-state index >= 15 is 0 Å². The SMILES string of the molecule is C[C@@H](OC(=O)c1cc(S(N)(=O)=O)ccc1F)C(=O)N1CCCC1. The number of sulfonamides is 1. The Morgan fingerprint density at radius 3 is 2.48 bits per heavy atom. The first kappa shape index (κ1) is 17.4. The molecule has 1 atom stereocenters. The lowest BCUT2D eigenvalue weighted by atomic mass is 10.2. The fourth-order valence-corrected chi connectivity index (χ4v) is 2.85. The van der Waals surface area contributed by atoms with Gasteiger partial charge >= 0.3 is 5.97 Å². The zero-order valence-corrected chi connectivity index (χ0v) is 13.3. The fourth-order valence-electron chi connectivity index (χ4n) is 2.31. The first-order chi connectivity index (χ1) is 10.7. The number of esters is 1. The second-order valence-electron chi connectivity index (χ2n) is 5.27. The van der Waals surface area contributed by atoms with Gasteiger partial charge in [-0.05, 0) is 38.0 Å². The van der Waals surface area contributed by atoms with Crippen LogP contribution in [0.4, 0.5) is 4.39 Å². The van der Waals surface area contributed by atoms with Crippen molar-refractivity contribution < 1.29 is 27.1 Å². The highest BCUT2D eigenvalue weighted by atomic mass is 32.2. The Kier molecular flexibility index (Phi) is 5.00. The number of ether oxygens (including phenoxy) is 1. The molecule has 1 aromatic rings. The summed E-state index contributed by atoms with van der Waals surface area (Å²) in [5.41, 5.74) is -0.586. The van der Waals surface area contributed by atoms with E-state index in [0.29, 0.717) is 13.1 Å². The van der Waals surface area contributed by atoms with Crippen LogP contribution in [0.15, 0.2) is 23.1 Å². The van der Waals surface area contributed by atoms with Crippen LogP contribution in [0.2, 0.25) is 0 Å². The topological polar surface area (TPSA) is 107 Å². The summed E-state index contributed by atoms with van der Waals surface area (Å²) < 4.78 is 41.2. The monoisotopic (exact) mass is 344 g/mol. The summed E-state index contributed by atoms with van der Waals surface area (Å²) in [6.07, 6.45) is 0.688. The number of likely N-dealkylation sites (tertiary alicyclic amines) is 1. The van der Waals surface area contributed by atoms with Gasteiger partial charge in [0.2, 0.25) is 10.0 Å². The molecule has 0 unspecified atom stereocenters. The molecule has 1 aromatic carbocycles. The number of primary sulfonamides is 1. The minimum atomic E-state index is -4.08. The molecule has 1 heterocycles. The summed E-state index contributed by atoms with van der Waals surface area (Å²) >= 11 is 0. The van der Waals surface area contributed by atoms with Crippen LogP contribution < -0.4 is 5.14 Å². The van der Waals surface area contributed by atoms with Gasteiger partial charge in [0.05, 0.1) is 10.5 Å². The molecule has 2 N–H and O–H groups in total. The molecule has 0 radical (unpaired) electrons. The summed E-state index contributed by atoms with van der Waals surface area (Å²) in [5.74, 6) is -2.44. The van der Waals surface area contributed by atoms with Crippen LogP contribution in [0.3, 0.4) is 0 Å². The molecule has 0 spiro atoms. The van der Waals surface area contributed by atoms with E-state index in [2.05, 4.69) is 0 Å². The Morgan fingerprint density at radius 1 is 1.30 bits per heavy atom. The molecular weight excluding hydrogens is 327 g/mol. The van der Waals surface area contributed by atoms with Crippen LogP contribution in [0.1, 0.15) is 30.1 Å². The molecule has 1 aliphatic rings. The van der Waals surface area contributed by atoms with Crippen molar-refractivity contribution in [3.8, 4) is 0 Å². The number of nitrogens with two attached hydrogens (primary N) is 1. The second kappa shape index (κ2) is 6.63. The number of benzene rings is 1. The summed E-state index contributed by atoms with van der Waals surface area (Å²) in [6, 6.07) is 2.55. The molecule has 126 valence electrons. The molecule has 7 nitrogen and oxygen atoms in total. The molecule has 1 saturated heterocycles. The van der Waals surface area contributed by atoms with Gasteiger partial charge < -0.3 is 9.64 Å². The molecule has 2 rings (SSSR count). The maximum Gasteiger partial charge on any atom is 0.341 e. The largest absolute Gasteiger partial charge is 0.449 e. The van der Waals surface area contributed by atoms with Crippen LogP contribution in [0.5, 0.6) is 0 Å². The Morgan fingerprint density at radius 2 is 1.91 bits per heavy atom. The number of amides is 1. The molecule has 9 heteroatoms. The van der Waals surface area contributed by atoms with Crippen molar-refractivity contribution in [2.75, 3.05) is 13.1 Å². The van der Waals surface area contributed by atoms with Crippen molar-refractivity contribution >= 4 is 21.9 Å². The summed E-state index contributed by atoms with van der Waals surface area (Å²) in [7, 11) is -4.08. The predicted molar refractivity (Wildman–Crippen MR) is 78.5 cm³/mol. The average Bonchev–Trinajstić information content (AvgIpc) is 2.99. The van der Waals surface area contributed by atoms with Gasteiger partial charge in [0, 0.05) is 13.1 Å². The fraction of sp³-hybridized carbons (Fsp3) is 0.429. The number of carbonyl (C=O) groups excluding carboxylic acids is 2. The third kappa shape index (κ3) is 4.05. The summed E-state index contributed by atoms with van der Waals surface area (Å²) in [4.78, 5) is 25.2. The van der Waals surface area contributed by atoms with E-state index in [0.717, 1.165) is 31.0 Å². The van der Waals surface area contributed by atoms with Gasteiger partial charge in [0.15, 0.2) is 6.10 Å². The quantitative estimate of drug-likeness (QED) is 0.807. The van der Waals surface area contributed by atoms with E-state index in [4.69, 9.17) is 9.88 Å². The minimum Gasteiger partial charge on any atom is -0.449 e. The van der Waals surface area contributed by atoms with E-state index in [-0.39, 0.29) is 5.91 Å². The Balaban J connectivity index is 2.15. The van der Waals surface area contributed by atoms with Crippen LogP contribution in [0.25, 0.3) is 0 Å². The molecule has 0 saturated carbocycles. The van der Waals surface area contributed by atoms with Gasteiger partial charge in [0.1, 0.15) is 5.82 Å². The smallest absolute Gasteiger partial charge is 0.341 e. The van der Waals surface area contributed by atoms with Gasteiger partial charge in [-0.3, -0.25) is 4.79 Å². The zero-order chi connectivity index (χ0) is 17.2. The van der Waals surface area contributed by atoms with Gasteiger partial charge in [-0.25, -0.2) is 22.7 Å². The highest BCUT2D eigenvalue weighted by Gasteiger charge is 2.27. The molecule has 1 amide bonds. The Bertz CT molecular complexity index is 729. The normalized spacial score (nSPS) is 16.2. The molecule has 1 aliphatic heterocycles. The zero-order valence-electron chi connectivity index (χ0n) is 12.5. The van der Waals surface area contributed by atoms with E-state index in [1.807, 2.05) is 0 Å². The number of carbonyl (C=O) groups is 2. The van der Waals surface area contributed by atoms with Crippen molar-refractivity contribution in [1.82, 2.24) is 4.90 Å². The van der Waals surface area contributed by atoms with Crippen molar-refractivity contribution in [3.05, 3.63) is 29.6 Å². The van der Waals surface area contributed by atoms with Crippen molar-refractivity contribution in [2.24, 2.45) is 5.14 Å². The van der Waals surface area contributed by atoms with Gasteiger partial charge in [-0.15, -0.1) is 0 Å². The lowest BCUT2D eigenvalue weighted by Crippen LogP contribution is -2.38. The number of halogens is 1. The second-order valence-corrected chi connectivity index (χ2v) is 6.83. The molecule has 0 aliphatic carbocycles. The van der Waals surface area contributed by atoms with Gasteiger partial charge in [-0.2, -0.15) is 0 Å². The van der Waals surface area contributed by atoms with Crippen LogP contribution in [-0.4, -0.2) is 44.4 Å². The summed E-state index contributed by atoms with van der Waals surface area (Å²) in [6.45, 7) is 2.58. The van der Waals surface area contributed by atoms with E-state index in [9.17, 15) is 22.4 Å². The highest BCUT2D eigenvalue weighted by molar-refractivity contribution is 7.89. The Hall–Kier alpha value is -2.00. The van der Waals surface area contributed by atoms with Crippen LogP contribution in [0, 0.1) is 5.82 Å². The average molecular weight is 344 g/mol. The van der Waals surface area contributed by atoms with Crippen LogP contribution in [-0.2, 0) is 19.6 Å². The third-order valence-corrected chi connectivity index (χ3v) is 4.45. The lowest BCUT2D eigenvalue weighted by Gasteiger charge is -2.20. The maximum atomic E-state index is 13.7. The van der Waals surface area contributed by atoms with E-state index < -0.39 is 38.4 Å². The van der Waals surface area contributed by atoms with Crippen LogP contribution >= 0.6 is 0 Å². The lowest BCUT2D eigenvalue weighted by molar-refractivity contribution is -0.138. The predicted octanol–water partition coefficient (Wildman–Crippen LogP) is 0.641. The van der Waals surface area contributed by atoms with Crippen molar-refractivity contribution in [1.29, 1.82) is 0 Å². The molecule has 0 aromatic heterocycles. The van der Waals surface area contributed by atoms with E-state index in [1.165, 1.54) is 6.92 Å². The van der Waals surface area contributed by atoms with Gasteiger partial charge in [0.25, 0.3) is 5.91 Å². The standard InChI is InChI=1S/C14H17FN2O5S/c1-9(13(18)17-6-2-3-7-17)22-14(19)11-8-10(23(16,20)21)4-5-12(11)15/h4-5,8-9H,2-3,6-7H2,1H3,(H2,16,20,21)/t9-/m1/s1. The van der Waals surface area contributed by atoms with Gasteiger partial charge in [-0.1, -0.05) is 0 Å². The minimum absolute atomic E-state index is 0.362. The molecule has 0 bridgehead atoms. The molecule has 1 fully saturated rings. The number of nitrogens with zero attached hydrogens (tertiary/aromatic N) is 1. The first-order valence-corrected chi connectivity index (χ1v) is 8.57. The molecule has 23 heavy (non-hydrogen) atoms. The number of hydrogen-bond acceptors (Lipinski definition) is 5. The summed E-state index contributed by atoms with van der Waals surface area (Å²) in [5, 5.41) is 4.94. The highest BCUT2D eigenvalue weighted by Crippen LogP contribution is 2.17.